The molecule has 0 unspecified atom stereocenters. The standard InChI is InChI=1S/C24H31FN2O2S/c1-2-7-23(28)27(21-8-4-3-5-9-21)18-24(29)26(17-22-10-6-15-30-22)16-19-11-13-20(25)14-12-19/h6,10-15,21H,2-5,7-9,16-18H2,1H3. The van der Waals surface area contributed by atoms with Gasteiger partial charge in [-0.05, 0) is 48.4 Å². The zero-order valence-corrected chi connectivity index (χ0v) is 18.5. The van der Waals surface area contributed by atoms with Crippen LogP contribution >= 0.6 is 11.3 Å². The number of halogens is 1. The molecule has 1 aliphatic carbocycles. The van der Waals surface area contributed by atoms with Crippen LogP contribution in [0.1, 0.15) is 62.3 Å². The highest BCUT2D eigenvalue weighted by atomic mass is 32.1. The number of hydrogen-bond acceptors (Lipinski definition) is 3. The first-order valence-electron chi connectivity index (χ1n) is 10.9. The number of benzene rings is 1. The summed E-state index contributed by atoms with van der Waals surface area (Å²) in [6, 6.07) is 10.4. The van der Waals surface area contributed by atoms with Gasteiger partial charge < -0.3 is 9.80 Å². The van der Waals surface area contributed by atoms with Gasteiger partial charge in [0.05, 0.1) is 6.54 Å². The molecule has 1 heterocycles. The fourth-order valence-corrected chi connectivity index (χ4v) is 4.77. The van der Waals surface area contributed by atoms with Crippen molar-refractivity contribution in [2.75, 3.05) is 6.54 Å². The van der Waals surface area contributed by atoms with Crippen LogP contribution in [0.5, 0.6) is 0 Å². The molecule has 1 fully saturated rings. The maximum Gasteiger partial charge on any atom is 0.242 e. The Labute approximate surface area is 182 Å². The molecule has 0 spiro atoms. The minimum absolute atomic E-state index is 0.0530. The van der Waals surface area contributed by atoms with Gasteiger partial charge in [0, 0.05) is 23.9 Å². The summed E-state index contributed by atoms with van der Waals surface area (Å²) < 4.78 is 13.3. The topological polar surface area (TPSA) is 40.6 Å². The van der Waals surface area contributed by atoms with Crippen molar-refractivity contribution < 1.29 is 14.0 Å². The molecule has 1 aliphatic rings. The van der Waals surface area contributed by atoms with E-state index in [4.69, 9.17) is 0 Å². The summed E-state index contributed by atoms with van der Waals surface area (Å²) in [5.74, 6) is -0.262. The Bertz CT molecular complexity index is 801. The normalized spacial score (nSPS) is 14.5. The zero-order valence-electron chi connectivity index (χ0n) is 17.7. The van der Waals surface area contributed by atoms with Gasteiger partial charge >= 0.3 is 0 Å². The van der Waals surface area contributed by atoms with Crippen LogP contribution in [0, 0.1) is 5.82 Å². The second-order valence-corrected chi connectivity index (χ2v) is 9.05. The van der Waals surface area contributed by atoms with Gasteiger partial charge in [0.25, 0.3) is 0 Å². The quantitative estimate of drug-likeness (QED) is 0.536. The molecule has 0 bridgehead atoms. The first kappa shape index (κ1) is 22.5. The molecule has 1 saturated carbocycles. The fraction of sp³-hybridized carbons (Fsp3) is 0.500. The van der Waals surface area contributed by atoms with Crippen LogP contribution in [-0.4, -0.2) is 34.2 Å². The fourth-order valence-electron chi connectivity index (χ4n) is 4.05. The van der Waals surface area contributed by atoms with Crippen LogP contribution in [0.15, 0.2) is 41.8 Å². The lowest BCUT2D eigenvalue weighted by atomic mass is 9.94. The third-order valence-corrected chi connectivity index (χ3v) is 6.53. The average molecular weight is 431 g/mol. The van der Waals surface area contributed by atoms with Crippen molar-refractivity contribution >= 4 is 23.2 Å². The molecule has 30 heavy (non-hydrogen) atoms. The molecule has 0 N–H and O–H groups in total. The second kappa shape index (κ2) is 11.3. The van der Waals surface area contributed by atoms with E-state index in [0.29, 0.717) is 19.5 Å². The lowest BCUT2D eigenvalue weighted by molar-refractivity contribution is -0.143. The van der Waals surface area contributed by atoms with Crippen LogP contribution in [0.3, 0.4) is 0 Å². The Morgan fingerprint density at radius 2 is 1.77 bits per heavy atom. The molecule has 0 aliphatic heterocycles. The molecule has 0 radical (unpaired) electrons. The van der Waals surface area contributed by atoms with E-state index >= 15 is 0 Å². The Balaban J connectivity index is 1.76. The van der Waals surface area contributed by atoms with E-state index < -0.39 is 0 Å². The Hall–Kier alpha value is -2.21. The number of nitrogens with zero attached hydrogens (tertiary/aromatic N) is 2. The van der Waals surface area contributed by atoms with Gasteiger partial charge in [-0.25, -0.2) is 4.39 Å². The smallest absolute Gasteiger partial charge is 0.242 e. The number of thiophene rings is 1. The molecular weight excluding hydrogens is 399 g/mol. The van der Waals surface area contributed by atoms with Gasteiger partial charge in [-0.2, -0.15) is 0 Å². The number of amides is 2. The lowest BCUT2D eigenvalue weighted by Gasteiger charge is -2.35. The number of carbonyl (C=O) groups is 2. The van der Waals surface area contributed by atoms with Crippen LogP contribution in [0.2, 0.25) is 0 Å². The molecule has 6 heteroatoms. The summed E-state index contributed by atoms with van der Waals surface area (Å²) in [6.45, 7) is 3.01. The molecule has 3 rings (SSSR count). The van der Waals surface area contributed by atoms with E-state index in [0.717, 1.165) is 42.5 Å². The van der Waals surface area contributed by atoms with Crippen molar-refractivity contribution in [2.45, 2.75) is 71.0 Å². The minimum Gasteiger partial charge on any atom is -0.332 e. The number of hydrogen-bond donors (Lipinski definition) is 0. The number of carbonyl (C=O) groups excluding carboxylic acids is 2. The van der Waals surface area contributed by atoms with Crippen molar-refractivity contribution in [3.63, 3.8) is 0 Å². The van der Waals surface area contributed by atoms with Crippen LogP contribution in [0.4, 0.5) is 4.39 Å². The van der Waals surface area contributed by atoms with E-state index in [1.165, 1.54) is 18.6 Å². The maximum atomic E-state index is 13.4. The summed E-state index contributed by atoms with van der Waals surface area (Å²) in [5.41, 5.74) is 0.880. The molecule has 2 amide bonds. The third kappa shape index (κ3) is 6.39. The van der Waals surface area contributed by atoms with Crippen molar-refractivity contribution in [1.82, 2.24) is 9.80 Å². The first-order valence-corrected chi connectivity index (χ1v) is 11.8. The van der Waals surface area contributed by atoms with Gasteiger partial charge in [0.1, 0.15) is 12.4 Å². The molecule has 1 aromatic heterocycles. The van der Waals surface area contributed by atoms with Crippen LogP contribution in [0.25, 0.3) is 0 Å². The van der Waals surface area contributed by atoms with Gasteiger partial charge in [-0.1, -0.05) is 44.4 Å². The molecule has 0 saturated heterocycles. The Morgan fingerprint density at radius 3 is 2.40 bits per heavy atom. The average Bonchev–Trinajstić information content (AvgIpc) is 3.27. The number of rotatable bonds is 9. The largest absolute Gasteiger partial charge is 0.332 e. The van der Waals surface area contributed by atoms with E-state index in [2.05, 4.69) is 0 Å². The predicted molar refractivity (Wildman–Crippen MR) is 118 cm³/mol. The van der Waals surface area contributed by atoms with Gasteiger partial charge in [-0.3, -0.25) is 9.59 Å². The summed E-state index contributed by atoms with van der Waals surface area (Å²) in [7, 11) is 0. The molecule has 4 nitrogen and oxygen atoms in total. The van der Waals surface area contributed by atoms with Crippen molar-refractivity contribution in [3.05, 3.63) is 58.0 Å². The molecule has 162 valence electrons. The molecular formula is C24H31FN2O2S. The van der Waals surface area contributed by atoms with Crippen molar-refractivity contribution in [1.29, 1.82) is 0 Å². The van der Waals surface area contributed by atoms with Crippen LogP contribution < -0.4 is 0 Å². The lowest BCUT2D eigenvalue weighted by Crippen LogP contribution is -2.47. The van der Waals surface area contributed by atoms with Gasteiger partial charge in [0.2, 0.25) is 11.8 Å². The summed E-state index contributed by atoms with van der Waals surface area (Å²) >= 11 is 1.61. The SMILES string of the molecule is CCCC(=O)N(CC(=O)N(Cc1ccc(F)cc1)Cc1cccs1)C1CCCCC1. The molecule has 0 atom stereocenters. The highest BCUT2D eigenvalue weighted by Crippen LogP contribution is 2.24. The molecule has 2 aromatic rings. The summed E-state index contributed by atoms with van der Waals surface area (Å²) in [6.07, 6.45) is 6.65. The maximum absolute atomic E-state index is 13.4. The van der Waals surface area contributed by atoms with Crippen LogP contribution in [-0.2, 0) is 22.7 Å². The van der Waals surface area contributed by atoms with Gasteiger partial charge in [-0.15, -0.1) is 11.3 Å². The van der Waals surface area contributed by atoms with E-state index in [1.807, 2.05) is 29.3 Å². The highest BCUT2D eigenvalue weighted by molar-refractivity contribution is 7.09. The predicted octanol–water partition coefficient (Wildman–Crippen LogP) is 5.38. The summed E-state index contributed by atoms with van der Waals surface area (Å²) in [5, 5.41) is 2.00. The first-order chi connectivity index (χ1) is 14.6. The van der Waals surface area contributed by atoms with Gasteiger partial charge in [0.15, 0.2) is 0 Å². The van der Waals surface area contributed by atoms with Crippen molar-refractivity contribution in [2.24, 2.45) is 0 Å². The highest BCUT2D eigenvalue weighted by Gasteiger charge is 2.28. The van der Waals surface area contributed by atoms with E-state index in [-0.39, 0.29) is 30.2 Å². The Morgan fingerprint density at radius 1 is 1.03 bits per heavy atom. The minimum atomic E-state index is -0.288. The molecule has 1 aromatic carbocycles. The zero-order chi connectivity index (χ0) is 21.3. The second-order valence-electron chi connectivity index (χ2n) is 8.02. The monoisotopic (exact) mass is 430 g/mol. The third-order valence-electron chi connectivity index (χ3n) is 5.67. The van der Waals surface area contributed by atoms with E-state index in [9.17, 15) is 14.0 Å². The Kier molecular flexibility index (Phi) is 8.43. The van der Waals surface area contributed by atoms with E-state index in [1.54, 1.807) is 28.4 Å². The summed E-state index contributed by atoms with van der Waals surface area (Å²) in [4.78, 5) is 30.9. The van der Waals surface area contributed by atoms with Crippen molar-refractivity contribution in [3.8, 4) is 0 Å².